The van der Waals surface area contributed by atoms with Crippen molar-refractivity contribution in [2.45, 2.75) is 39.7 Å². The lowest BCUT2D eigenvalue weighted by Crippen LogP contribution is -2.51. The monoisotopic (exact) mass is 386 g/mol. The van der Waals surface area contributed by atoms with Crippen LogP contribution in [-0.4, -0.2) is 78.9 Å². The number of benzene rings is 1. The Labute approximate surface area is 168 Å². The van der Waals surface area contributed by atoms with Gasteiger partial charge in [-0.25, -0.2) is 0 Å². The Morgan fingerprint density at radius 2 is 1.54 bits per heavy atom. The molecule has 0 radical (unpaired) electrons. The summed E-state index contributed by atoms with van der Waals surface area (Å²) in [6, 6.07) is 6.35. The minimum atomic E-state index is 0.00571. The highest BCUT2D eigenvalue weighted by atomic mass is 16.2. The number of aryl methyl sites for hydroxylation is 2. The van der Waals surface area contributed by atoms with Crippen LogP contribution in [0, 0.1) is 13.8 Å². The number of carbonyl (C=O) groups excluding carboxylic acids is 2. The lowest BCUT2D eigenvalue weighted by Gasteiger charge is -2.34. The number of amides is 2. The lowest BCUT2D eigenvalue weighted by molar-refractivity contribution is -0.132. The minimum absolute atomic E-state index is 0.00571. The van der Waals surface area contributed by atoms with Crippen molar-refractivity contribution in [1.29, 1.82) is 0 Å². The van der Waals surface area contributed by atoms with Crippen LogP contribution in [0.1, 0.15) is 42.5 Å². The van der Waals surface area contributed by atoms with Crippen LogP contribution in [-0.2, 0) is 9.59 Å². The SMILES string of the molecule is Cc1ccc([C@@H](C)NC(=O)CN2CCN(CC(=O)N3CCCC3)CC2)cc1C. The predicted molar refractivity (Wildman–Crippen MR) is 111 cm³/mol. The summed E-state index contributed by atoms with van der Waals surface area (Å²) in [5.41, 5.74) is 3.66. The van der Waals surface area contributed by atoms with Gasteiger partial charge in [0.05, 0.1) is 19.1 Å². The van der Waals surface area contributed by atoms with Gasteiger partial charge in [-0.2, -0.15) is 0 Å². The maximum atomic E-state index is 12.5. The Morgan fingerprint density at radius 1 is 0.929 bits per heavy atom. The first kappa shape index (κ1) is 20.8. The molecule has 0 unspecified atom stereocenters. The van der Waals surface area contributed by atoms with Crippen LogP contribution < -0.4 is 5.32 Å². The van der Waals surface area contributed by atoms with Crippen LogP contribution in [0.3, 0.4) is 0 Å². The third kappa shape index (κ3) is 5.55. The summed E-state index contributed by atoms with van der Waals surface area (Å²) in [4.78, 5) is 31.1. The average molecular weight is 387 g/mol. The Morgan fingerprint density at radius 3 is 2.14 bits per heavy atom. The Hall–Kier alpha value is -1.92. The van der Waals surface area contributed by atoms with E-state index in [1.807, 2.05) is 11.8 Å². The number of likely N-dealkylation sites (tertiary alicyclic amines) is 1. The van der Waals surface area contributed by atoms with E-state index in [2.05, 4.69) is 47.2 Å². The second-order valence-electron chi connectivity index (χ2n) is 8.27. The van der Waals surface area contributed by atoms with E-state index in [0.29, 0.717) is 13.1 Å². The fourth-order valence-electron chi connectivity index (χ4n) is 3.97. The number of carbonyl (C=O) groups is 2. The van der Waals surface area contributed by atoms with Crippen molar-refractivity contribution in [3.63, 3.8) is 0 Å². The molecule has 1 atom stereocenters. The molecular formula is C22H34N4O2. The zero-order chi connectivity index (χ0) is 20.1. The molecule has 6 nitrogen and oxygen atoms in total. The maximum absolute atomic E-state index is 12.5. The van der Waals surface area contributed by atoms with Gasteiger partial charge in [0, 0.05) is 39.3 Å². The first-order valence-electron chi connectivity index (χ1n) is 10.5. The molecule has 2 saturated heterocycles. The summed E-state index contributed by atoms with van der Waals surface area (Å²) in [6.45, 7) is 12.4. The molecule has 2 aliphatic heterocycles. The highest BCUT2D eigenvalue weighted by Crippen LogP contribution is 2.17. The molecule has 0 aromatic heterocycles. The smallest absolute Gasteiger partial charge is 0.236 e. The zero-order valence-electron chi connectivity index (χ0n) is 17.5. The average Bonchev–Trinajstić information content (AvgIpc) is 3.20. The van der Waals surface area contributed by atoms with Crippen molar-refractivity contribution >= 4 is 11.8 Å². The fourth-order valence-corrected chi connectivity index (χ4v) is 3.97. The summed E-state index contributed by atoms with van der Waals surface area (Å²) >= 11 is 0. The number of rotatable bonds is 6. The van der Waals surface area contributed by atoms with Crippen molar-refractivity contribution in [3.05, 3.63) is 34.9 Å². The van der Waals surface area contributed by atoms with E-state index in [1.165, 1.54) is 11.1 Å². The summed E-state index contributed by atoms with van der Waals surface area (Å²) in [7, 11) is 0. The molecule has 1 aromatic carbocycles. The Kier molecular flexibility index (Phi) is 7.08. The normalized spacial score (nSPS) is 19.6. The molecule has 3 rings (SSSR count). The molecule has 1 N–H and O–H groups in total. The van der Waals surface area contributed by atoms with Crippen LogP contribution in [0.5, 0.6) is 0 Å². The summed E-state index contributed by atoms with van der Waals surface area (Å²) in [5.74, 6) is 0.318. The molecule has 2 fully saturated rings. The molecule has 2 heterocycles. The quantitative estimate of drug-likeness (QED) is 0.809. The first-order valence-corrected chi connectivity index (χ1v) is 10.5. The summed E-state index contributed by atoms with van der Waals surface area (Å²) < 4.78 is 0. The minimum Gasteiger partial charge on any atom is -0.348 e. The number of piperazine rings is 1. The van der Waals surface area contributed by atoms with Gasteiger partial charge in [-0.05, 0) is 50.3 Å². The van der Waals surface area contributed by atoms with Crippen molar-refractivity contribution in [2.24, 2.45) is 0 Å². The van der Waals surface area contributed by atoms with Gasteiger partial charge in [-0.1, -0.05) is 18.2 Å². The van der Waals surface area contributed by atoms with Gasteiger partial charge in [0.15, 0.2) is 0 Å². The highest BCUT2D eigenvalue weighted by Gasteiger charge is 2.24. The fraction of sp³-hybridized carbons (Fsp3) is 0.636. The molecule has 6 heteroatoms. The molecule has 0 bridgehead atoms. The van der Waals surface area contributed by atoms with E-state index >= 15 is 0 Å². The van der Waals surface area contributed by atoms with Crippen molar-refractivity contribution in [2.75, 3.05) is 52.4 Å². The van der Waals surface area contributed by atoms with E-state index in [9.17, 15) is 9.59 Å². The number of nitrogens with zero attached hydrogens (tertiary/aromatic N) is 3. The topological polar surface area (TPSA) is 55.9 Å². The maximum Gasteiger partial charge on any atom is 0.236 e. The first-order chi connectivity index (χ1) is 13.4. The largest absolute Gasteiger partial charge is 0.348 e. The summed E-state index contributed by atoms with van der Waals surface area (Å²) in [6.07, 6.45) is 2.27. The van der Waals surface area contributed by atoms with E-state index in [0.717, 1.165) is 57.7 Å². The van der Waals surface area contributed by atoms with E-state index in [1.54, 1.807) is 0 Å². The molecular weight excluding hydrogens is 352 g/mol. The van der Waals surface area contributed by atoms with E-state index in [4.69, 9.17) is 0 Å². The molecule has 2 aliphatic rings. The Bertz CT molecular complexity index is 692. The van der Waals surface area contributed by atoms with Gasteiger partial charge >= 0.3 is 0 Å². The van der Waals surface area contributed by atoms with E-state index < -0.39 is 0 Å². The number of hydrogen-bond donors (Lipinski definition) is 1. The standard InChI is InChI=1S/C22H34N4O2/c1-17-6-7-20(14-18(17)2)19(3)23-21(27)15-24-10-12-25(13-11-24)16-22(28)26-8-4-5-9-26/h6-7,14,19H,4-5,8-13,15-16H2,1-3H3,(H,23,27)/t19-/m1/s1. The van der Waals surface area contributed by atoms with E-state index in [-0.39, 0.29) is 17.9 Å². The van der Waals surface area contributed by atoms with Crippen LogP contribution in [0.15, 0.2) is 18.2 Å². The van der Waals surface area contributed by atoms with Crippen molar-refractivity contribution < 1.29 is 9.59 Å². The third-order valence-corrected chi connectivity index (χ3v) is 6.06. The molecule has 28 heavy (non-hydrogen) atoms. The van der Waals surface area contributed by atoms with Gasteiger partial charge < -0.3 is 10.2 Å². The van der Waals surface area contributed by atoms with Crippen molar-refractivity contribution in [1.82, 2.24) is 20.0 Å². The van der Waals surface area contributed by atoms with Crippen LogP contribution in [0.2, 0.25) is 0 Å². The van der Waals surface area contributed by atoms with Gasteiger partial charge in [0.1, 0.15) is 0 Å². The molecule has 0 aliphatic carbocycles. The molecule has 1 aromatic rings. The number of hydrogen-bond acceptors (Lipinski definition) is 4. The van der Waals surface area contributed by atoms with Crippen LogP contribution in [0.25, 0.3) is 0 Å². The van der Waals surface area contributed by atoms with Gasteiger partial charge in [0.25, 0.3) is 0 Å². The second kappa shape index (κ2) is 9.52. The van der Waals surface area contributed by atoms with Crippen molar-refractivity contribution in [3.8, 4) is 0 Å². The van der Waals surface area contributed by atoms with Crippen LogP contribution in [0.4, 0.5) is 0 Å². The zero-order valence-corrected chi connectivity index (χ0v) is 17.5. The summed E-state index contributed by atoms with van der Waals surface area (Å²) in [5, 5.41) is 3.12. The number of nitrogens with one attached hydrogen (secondary N) is 1. The van der Waals surface area contributed by atoms with Gasteiger partial charge in [-0.3, -0.25) is 19.4 Å². The second-order valence-corrected chi connectivity index (χ2v) is 8.27. The van der Waals surface area contributed by atoms with Gasteiger partial charge in [0.2, 0.25) is 11.8 Å². The molecule has 0 saturated carbocycles. The van der Waals surface area contributed by atoms with Crippen LogP contribution >= 0.6 is 0 Å². The van der Waals surface area contributed by atoms with Gasteiger partial charge in [-0.15, -0.1) is 0 Å². The lowest BCUT2D eigenvalue weighted by atomic mass is 10.0. The third-order valence-electron chi connectivity index (χ3n) is 6.06. The molecule has 0 spiro atoms. The molecule has 154 valence electrons. The highest BCUT2D eigenvalue weighted by molar-refractivity contribution is 5.79. The molecule has 2 amide bonds. The Balaban J connectivity index is 1.39. The predicted octanol–water partition coefficient (Wildman–Crippen LogP) is 1.72.